The van der Waals surface area contributed by atoms with E-state index in [4.69, 9.17) is 0 Å². The first-order valence-corrected chi connectivity index (χ1v) is 7.70. The normalized spacial score (nSPS) is 34.5. The zero-order valence-corrected chi connectivity index (χ0v) is 12.9. The summed E-state index contributed by atoms with van der Waals surface area (Å²) in [6, 6.07) is -0.248. The second kappa shape index (κ2) is 5.48. The largest absolute Gasteiger partial charge is 0.390 e. The van der Waals surface area contributed by atoms with Crippen LogP contribution in [0, 0.1) is 11.8 Å². The number of hydrogen-bond donors (Lipinski definition) is 1. The molecule has 1 aliphatic carbocycles. The van der Waals surface area contributed by atoms with Crippen LogP contribution in [0.2, 0.25) is 0 Å². The maximum atomic E-state index is 12.7. The monoisotopic (exact) mass is 292 g/mol. The Morgan fingerprint density at radius 1 is 1.25 bits per heavy atom. The number of rotatable bonds is 4. The van der Waals surface area contributed by atoms with E-state index in [1.54, 1.807) is 6.92 Å². The molecule has 0 bridgehead atoms. The minimum absolute atomic E-state index is 0.00868. The fourth-order valence-electron chi connectivity index (χ4n) is 3.55. The molecular weight excluding hydrogens is 265 g/mol. The molecule has 0 amide bonds. The van der Waals surface area contributed by atoms with Crippen molar-refractivity contribution in [2.24, 2.45) is 11.8 Å². The van der Waals surface area contributed by atoms with Gasteiger partial charge in [-0.25, -0.2) is 0 Å². The van der Waals surface area contributed by atoms with Crippen LogP contribution < -0.4 is 5.32 Å². The lowest BCUT2D eigenvalue weighted by atomic mass is 9.86. The zero-order chi connectivity index (χ0) is 15.1. The van der Waals surface area contributed by atoms with Crippen molar-refractivity contribution in [3.05, 3.63) is 0 Å². The van der Waals surface area contributed by atoms with Crippen LogP contribution in [0.15, 0.2) is 0 Å². The van der Waals surface area contributed by atoms with Gasteiger partial charge in [-0.05, 0) is 38.5 Å². The number of halogens is 3. The van der Waals surface area contributed by atoms with E-state index in [1.807, 2.05) is 0 Å². The molecule has 1 saturated heterocycles. The van der Waals surface area contributed by atoms with E-state index in [9.17, 15) is 13.2 Å². The molecule has 2 aliphatic rings. The van der Waals surface area contributed by atoms with E-state index in [-0.39, 0.29) is 11.6 Å². The molecule has 5 heteroatoms. The molecule has 0 radical (unpaired) electrons. The van der Waals surface area contributed by atoms with Crippen molar-refractivity contribution in [2.75, 3.05) is 13.1 Å². The first kappa shape index (κ1) is 16.1. The Morgan fingerprint density at radius 3 is 2.30 bits per heavy atom. The van der Waals surface area contributed by atoms with Crippen molar-refractivity contribution in [1.82, 2.24) is 10.2 Å². The summed E-state index contributed by atoms with van der Waals surface area (Å²) in [5.74, 6) is 0.998. The molecule has 0 aromatic heterocycles. The highest BCUT2D eigenvalue weighted by Gasteiger charge is 2.48. The van der Waals surface area contributed by atoms with Crippen LogP contribution in [0.5, 0.6) is 0 Å². The number of piperazine rings is 1. The van der Waals surface area contributed by atoms with E-state index in [0.29, 0.717) is 11.8 Å². The van der Waals surface area contributed by atoms with Gasteiger partial charge in [0, 0.05) is 30.7 Å². The molecule has 0 aromatic rings. The summed E-state index contributed by atoms with van der Waals surface area (Å²) < 4.78 is 38.1. The van der Waals surface area contributed by atoms with Gasteiger partial charge in [0.15, 0.2) is 0 Å². The van der Waals surface area contributed by atoms with Gasteiger partial charge < -0.3 is 5.32 Å². The maximum Gasteiger partial charge on any atom is 0.390 e. The molecule has 1 aliphatic heterocycles. The summed E-state index contributed by atoms with van der Waals surface area (Å²) in [6.45, 7) is 9.62. The summed E-state index contributed by atoms with van der Waals surface area (Å²) in [6.07, 6.45) is -2.38. The molecule has 1 heterocycles. The van der Waals surface area contributed by atoms with Crippen molar-refractivity contribution in [3.8, 4) is 0 Å². The maximum absolute atomic E-state index is 12.7. The van der Waals surface area contributed by atoms with Gasteiger partial charge in [-0.2, -0.15) is 13.2 Å². The quantitative estimate of drug-likeness (QED) is 0.854. The van der Waals surface area contributed by atoms with Crippen LogP contribution in [-0.2, 0) is 0 Å². The van der Waals surface area contributed by atoms with Crippen molar-refractivity contribution in [1.29, 1.82) is 0 Å². The predicted molar refractivity (Wildman–Crippen MR) is 74.6 cm³/mol. The molecule has 0 spiro atoms. The van der Waals surface area contributed by atoms with Crippen LogP contribution in [0.3, 0.4) is 0 Å². The molecule has 20 heavy (non-hydrogen) atoms. The van der Waals surface area contributed by atoms with Gasteiger partial charge in [-0.3, -0.25) is 4.90 Å². The van der Waals surface area contributed by atoms with Crippen molar-refractivity contribution in [2.45, 2.75) is 70.8 Å². The van der Waals surface area contributed by atoms with Crippen LogP contribution >= 0.6 is 0 Å². The van der Waals surface area contributed by atoms with Crippen molar-refractivity contribution in [3.63, 3.8) is 0 Å². The molecule has 2 rings (SSSR count). The fourth-order valence-corrected chi connectivity index (χ4v) is 3.55. The Morgan fingerprint density at radius 2 is 1.85 bits per heavy atom. The van der Waals surface area contributed by atoms with Crippen molar-refractivity contribution < 1.29 is 13.2 Å². The zero-order valence-electron chi connectivity index (χ0n) is 12.9. The second-order valence-corrected chi connectivity index (χ2v) is 7.22. The molecule has 3 unspecified atom stereocenters. The smallest absolute Gasteiger partial charge is 0.308 e. The van der Waals surface area contributed by atoms with E-state index >= 15 is 0 Å². The average molecular weight is 292 g/mol. The van der Waals surface area contributed by atoms with Gasteiger partial charge in [-0.15, -0.1) is 0 Å². The van der Waals surface area contributed by atoms with Gasteiger partial charge in [0.05, 0.1) is 6.42 Å². The Bertz CT molecular complexity index is 339. The first-order valence-electron chi connectivity index (χ1n) is 7.70. The molecule has 1 saturated carbocycles. The van der Waals surface area contributed by atoms with E-state index in [0.717, 1.165) is 13.1 Å². The summed E-state index contributed by atoms with van der Waals surface area (Å²) in [5.41, 5.74) is -0.00868. The van der Waals surface area contributed by atoms with Crippen molar-refractivity contribution >= 4 is 0 Å². The van der Waals surface area contributed by atoms with Gasteiger partial charge in [0.25, 0.3) is 0 Å². The molecular formula is C15H27F3N2. The Balaban J connectivity index is 2.10. The highest BCUT2D eigenvalue weighted by molar-refractivity contribution is 5.05. The standard InChI is InChI=1S/C15H27F3N2/c1-10(2)13-8-19-14(4,12-5-6-12)9-20(13)11(3)7-15(16,17)18/h10-13,19H,5-9H2,1-4H3. The minimum Gasteiger partial charge on any atom is -0.308 e. The lowest BCUT2D eigenvalue weighted by molar-refractivity contribution is -0.151. The fraction of sp³-hybridized carbons (Fsp3) is 1.00. The number of nitrogens with zero attached hydrogens (tertiary/aromatic N) is 1. The Labute approximate surface area is 120 Å². The highest BCUT2D eigenvalue weighted by atomic mass is 19.4. The van der Waals surface area contributed by atoms with Crippen LogP contribution in [0.1, 0.15) is 47.0 Å². The molecule has 0 aromatic carbocycles. The summed E-state index contributed by atoms with van der Waals surface area (Å²) in [7, 11) is 0. The van der Waals surface area contributed by atoms with E-state index in [2.05, 4.69) is 31.0 Å². The van der Waals surface area contributed by atoms with Gasteiger partial charge in [0.1, 0.15) is 0 Å². The predicted octanol–water partition coefficient (Wildman–Crippen LogP) is 3.43. The van der Waals surface area contributed by atoms with Crippen LogP contribution in [0.25, 0.3) is 0 Å². The lowest BCUT2D eigenvalue weighted by Gasteiger charge is -2.50. The molecule has 2 fully saturated rings. The first-order chi connectivity index (χ1) is 9.12. The Kier molecular flexibility index (Phi) is 4.41. The topological polar surface area (TPSA) is 15.3 Å². The minimum atomic E-state index is -4.08. The summed E-state index contributed by atoms with van der Waals surface area (Å²) in [5, 5.41) is 3.61. The SMILES string of the molecule is CC(C)C1CNC(C)(C2CC2)CN1C(C)CC(F)(F)F. The number of hydrogen-bond acceptors (Lipinski definition) is 2. The Hall–Kier alpha value is -0.290. The number of alkyl halides is 3. The molecule has 1 N–H and O–H groups in total. The molecule has 2 nitrogen and oxygen atoms in total. The highest BCUT2D eigenvalue weighted by Crippen LogP contribution is 2.42. The third-order valence-electron chi connectivity index (χ3n) is 4.99. The van der Waals surface area contributed by atoms with Crippen LogP contribution in [0.4, 0.5) is 13.2 Å². The van der Waals surface area contributed by atoms with Gasteiger partial charge >= 0.3 is 6.18 Å². The van der Waals surface area contributed by atoms with Gasteiger partial charge in [0.2, 0.25) is 0 Å². The summed E-state index contributed by atoms with van der Waals surface area (Å²) in [4.78, 5) is 2.10. The van der Waals surface area contributed by atoms with Gasteiger partial charge in [-0.1, -0.05) is 13.8 Å². The lowest BCUT2D eigenvalue weighted by Crippen LogP contribution is -2.67. The number of nitrogens with one attached hydrogen (secondary N) is 1. The third-order valence-corrected chi connectivity index (χ3v) is 4.99. The third kappa shape index (κ3) is 3.67. The average Bonchev–Trinajstić information content (AvgIpc) is 3.09. The second-order valence-electron chi connectivity index (χ2n) is 7.22. The molecule has 118 valence electrons. The molecule has 3 atom stereocenters. The van der Waals surface area contributed by atoms with E-state index in [1.165, 1.54) is 12.8 Å². The van der Waals surface area contributed by atoms with Crippen LogP contribution in [-0.4, -0.2) is 41.8 Å². The van der Waals surface area contributed by atoms with E-state index < -0.39 is 18.6 Å². The summed E-state index contributed by atoms with van der Waals surface area (Å²) >= 11 is 0.